The van der Waals surface area contributed by atoms with Crippen molar-refractivity contribution in [3.63, 3.8) is 0 Å². The van der Waals surface area contributed by atoms with Gasteiger partial charge in [0.2, 0.25) is 0 Å². The van der Waals surface area contributed by atoms with Crippen molar-refractivity contribution < 1.29 is 28.9 Å². The molecule has 0 saturated heterocycles. The van der Waals surface area contributed by atoms with E-state index in [1.165, 1.54) is 6.08 Å². The Bertz CT molecular complexity index is 829. The molecule has 7 nitrogen and oxygen atoms in total. The van der Waals surface area contributed by atoms with Crippen molar-refractivity contribution in [2.45, 2.75) is 6.42 Å². The fourth-order valence-corrected chi connectivity index (χ4v) is 2.42. The van der Waals surface area contributed by atoms with Crippen molar-refractivity contribution in [3.8, 4) is 17.2 Å². The van der Waals surface area contributed by atoms with Gasteiger partial charge in [0.05, 0.1) is 14.2 Å². The number of carboxylic acids is 1. The molecule has 0 atom stereocenters. The van der Waals surface area contributed by atoms with Crippen LogP contribution >= 0.6 is 0 Å². The molecule has 28 heavy (non-hydrogen) atoms. The van der Waals surface area contributed by atoms with Crippen LogP contribution in [0.1, 0.15) is 11.1 Å². The topological polar surface area (TPSA) is 94.1 Å². The first-order valence-corrected chi connectivity index (χ1v) is 8.63. The highest BCUT2D eigenvalue weighted by Gasteiger charge is 2.06. The molecule has 0 aromatic heterocycles. The first-order chi connectivity index (χ1) is 13.5. The molecule has 0 radical (unpaired) electrons. The number of benzene rings is 2. The van der Waals surface area contributed by atoms with E-state index in [0.717, 1.165) is 17.2 Å². The van der Waals surface area contributed by atoms with E-state index in [0.29, 0.717) is 30.2 Å². The van der Waals surface area contributed by atoms with Crippen LogP contribution in [0.3, 0.4) is 0 Å². The summed E-state index contributed by atoms with van der Waals surface area (Å²) >= 11 is 0. The summed E-state index contributed by atoms with van der Waals surface area (Å²) in [6.45, 7) is 0.368. The van der Waals surface area contributed by atoms with Crippen LogP contribution in [0.25, 0.3) is 6.08 Å². The largest absolute Gasteiger partial charge is 0.493 e. The first-order valence-electron chi connectivity index (χ1n) is 8.63. The number of rotatable bonds is 10. The third-order valence-corrected chi connectivity index (χ3v) is 3.85. The van der Waals surface area contributed by atoms with Gasteiger partial charge in [0.1, 0.15) is 5.75 Å². The van der Waals surface area contributed by atoms with Crippen LogP contribution in [-0.4, -0.2) is 44.4 Å². The molecule has 7 heteroatoms. The Kier molecular flexibility index (Phi) is 7.90. The van der Waals surface area contributed by atoms with Crippen molar-refractivity contribution in [2.75, 3.05) is 27.4 Å². The van der Waals surface area contributed by atoms with Crippen molar-refractivity contribution >= 4 is 18.0 Å². The van der Waals surface area contributed by atoms with Crippen molar-refractivity contribution in [3.05, 3.63) is 59.7 Å². The SMILES string of the molecule is COc1ccc(CCNC(=O)COc2ccc(/C=C/C(=O)O)cc2)cc1OC. The number of aliphatic carboxylic acids is 1. The molecule has 0 heterocycles. The van der Waals surface area contributed by atoms with Gasteiger partial charge in [-0.25, -0.2) is 4.79 Å². The predicted molar refractivity (Wildman–Crippen MR) is 105 cm³/mol. The van der Waals surface area contributed by atoms with E-state index in [9.17, 15) is 9.59 Å². The molecule has 0 aliphatic heterocycles. The van der Waals surface area contributed by atoms with Gasteiger partial charge < -0.3 is 24.6 Å². The molecule has 0 spiro atoms. The third-order valence-electron chi connectivity index (χ3n) is 3.85. The average molecular weight is 385 g/mol. The Balaban J connectivity index is 1.75. The lowest BCUT2D eigenvalue weighted by molar-refractivity contribution is -0.131. The number of hydrogen-bond acceptors (Lipinski definition) is 5. The Labute approximate surface area is 163 Å². The number of carbonyl (C=O) groups is 2. The number of amides is 1. The minimum atomic E-state index is -1.01. The highest BCUT2D eigenvalue weighted by molar-refractivity contribution is 5.85. The lowest BCUT2D eigenvalue weighted by atomic mass is 10.1. The van der Waals surface area contributed by atoms with E-state index in [1.807, 2.05) is 18.2 Å². The second-order valence-electron chi connectivity index (χ2n) is 5.82. The van der Waals surface area contributed by atoms with Gasteiger partial charge in [-0.3, -0.25) is 4.79 Å². The van der Waals surface area contributed by atoms with E-state index in [1.54, 1.807) is 38.5 Å². The maximum atomic E-state index is 11.9. The van der Waals surface area contributed by atoms with Crippen molar-refractivity contribution in [1.29, 1.82) is 0 Å². The van der Waals surface area contributed by atoms with Gasteiger partial charge in [-0.15, -0.1) is 0 Å². The van der Waals surface area contributed by atoms with Crippen LogP contribution in [0.5, 0.6) is 17.2 Å². The van der Waals surface area contributed by atoms with Crippen LogP contribution in [0.2, 0.25) is 0 Å². The van der Waals surface area contributed by atoms with Gasteiger partial charge in [-0.05, 0) is 47.9 Å². The minimum Gasteiger partial charge on any atom is -0.493 e. The van der Waals surface area contributed by atoms with E-state index >= 15 is 0 Å². The second kappa shape index (κ2) is 10.6. The molecule has 0 aliphatic carbocycles. The van der Waals surface area contributed by atoms with Gasteiger partial charge in [-0.1, -0.05) is 18.2 Å². The Hall–Kier alpha value is -3.48. The number of carbonyl (C=O) groups excluding carboxylic acids is 1. The fourth-order valence-electron chi connectivity index (χ4n) is 2.42. The molecule has 2 rings (SSSR count). The summed E-state index contributed by atoms with van der Waals surface area (Å²) in [4.78, 5) is 22.4. The maximum absolute atomic E-state index is 11.9. The Morgan fingerprint density at radius 1 is 1.04 bits per heavy atom. The van der Waals surface area contributed by atoms with Crippen LogP contribution in [-0.2, 0) is 16.0 Å². The fraction of sp³-hybridized carbons (Fsp3) is 0.238. The van der Waals surface area contributed by atoms with E-state index in [2.05, 4.69) is 5.32 Å². The maximum Gasteiger partial charge on any atom is 0.328 e. The van der Waals surface area contributed by atoms with Gasteiger partial charge in [0.15, 0.2) is 18.1 Å². The third kappa shape index (κ3) is 6.68. The van der Waals surface area contributed by atoms with Crippen molar-refractivity contribution in [2.24, 2.45) is 0 Å². The minimum absolute atomic E-state index is 0.101. The Morgan fingerprint density at radius 3 is 2.39 bits per heavy atom. The predicted octanol–water partition coefficient (Wildman–Crippen LogP) is 2.54. The smallest absolute Gasteiger partial charge is 0.328 e. The zero-order chi connectivity index (χ0) is 20.4. The molecule has 0 fully saturated rings. The number of hydrogen-bond donors (Lipinski definition) is 2. The lowest BCUT2D eigenvalue weighted by Gasteiger charge is -2.10. The molecule has 0 unspecified atom stereocenters. The van der Waals surface area contributed by atoms with Crippen LogP contribution in [0.4, 0.5) is 0 Å². The highest BCUT2D eigenvalue weighted by atomic mass is 16.5. The molecular weight excluding hydrogens is 362 g/mol. The zero-order valence-corrected chi connectivity index (χ0v) is 15.8. The average Bonchev–Trinajstić information content (AvgIpc) is 2.71. The quantitative estimate of drug-likeness (QED) is 0.611. The molecular formula is C21H23NO6. The van der Waals surface area contributed by atoms with Gasteiger partial charge in [0.25, 0.3) is 5.91 Å². The van der Waals surface area contributed by atoms with Crippen molar-refractivity contribution in [1.82, 2.24) is 5.32 Å². The zero-order valence-electron chi connectivity index (χ0n) is 15.8. The number of nitrogens with one attached hydrogen (secondary N) is 1. The summed E-state index contributed by atoms with van der Waals surface area (Å²) in [6, 6.07) is 12.4. The van der Waals surface area contributed by atoms with Gasteiger partial charge >= 0.3 is 5.97 Å². The van der Waals surface area contributed by atoms with Gasteiger partial charge in [-0.2, -0.15) is 0 Å². The molecule has 0 bridgehead atoms. The molecule has 0 saturated carbocycles. The molecule has 2 N–H and O–H groups in total. The molecule has 2 aromatic rings. The summed E-state index contributed by atoms with van der Waals surface area (Å²) in [6.07, 6.45) is 3.19. The molecule has 1 amide bonds. The van der Waals surface area contributed by atoms with Crippen LogP contribution < -0.4 is 19.5 Å². The summed E-state index contributed by atoms with van der Waals surface area (Å²) in [5.41, 5.74) is 1.75. The number of methoxy groups -OCH3 is 2. The molecule has 148 valence electrons. The Morgan fingerprint density at radius 2 is 1.75 bits per heavy atom. The highest BCUT2D eigenvalue weighted by Crippen LogP contribution is 2.27. The monoisotopic (exact) mass is 385 g/mol. The molecule has 0 aliphatic rings. The summed E-state index contributed by atoms with van der Waals surface area (Å²) < 4.78 is 15.9. The molecule has 2 aromatic carbocycles. The van der Waals surface area contributed by atoms with Crippen LogP contribution in [0, 0.1) is 0 Å². The summed E-state index contributed by atoms with van der Waals surface area (Å²) in [5, 5.41) is 11.4. The standard InChI is InChI=1S/C21H23NO6/c1-26-18-9-5-16(13-19(18)27-2)11-12-22-20(23)14-28-17-7-3-15(4-8-17)6-10-21(24)25/h3-10,13H,11-12,14H2,1-2H3,(H,22,23)(H,24,25)/b10-6+. The normalized spacial score (nSPS) is 10.5. The van der Waals surface area contributed by atoms with Crippen LogP contribution in [0.15, 0.2) is 48.5 Å². The summed E-state index contributed by atoms with van der Waals surface area (Å²) in [5.74, 6) is 0.604. The van der Waals surface area contributed by atoms with E-state index < -0.39 is 5.97 Å². The van der Waals surface area contributed by atoms with E-state index in [-0.39, 0.29) is 12.5 Å². The number of carboxylic acid groups (broad SMARTS) is 1. The van der Waals surface area contributed by atoms with E-state index in [4.69, 9.17) is 19.3 Å². The number of ether oxygens (including phenoxy) is 3. The second-order valence-corrected chi connectivity index (χ2v) is 5.82. The van der Waals surface area contributed by atoms with Gasteiger partial charge in [0, 0.05) is 12.6 Å². The first kappa shape index (κ1) is 20.8. The summed E-state index contributed by atoms with van der Waals surface area (Å²) in [7, 11) is 3.16. The lowest BCUT2D eigenvalue weighted by Crippen LogP contribution is -2.30.